The van der Waals surface area contributed by atoms with Gasteiger partial charge in [0.15, 0.2) is 0 Å². The summed E-state index contributed by atoms with van der Waals surface area (Å²) in [7, 11) is 2.17. The van der Waals surface area contributed by atoms with Crippen LogP contribution in [0.3, 0.4) is 0 Å². The molecule has 4 aromatic heterocycles. The highest BCUT2D eigenvalue weighted by Crippen LogP contribution is 2.47. The zero-order chi connectivity index (χ0) is 41.2. The molecular formula is C55H59N3S2. The third kappa shape index (κ3) is 7.80. The fourth-order valence-corrected chi connectivity index (χ4v) is 12.1. The number of hydrogen-bond donors (Lipinski definition) is 0. The molecule has 0 aliphatic rings. The Morgan fingerprint density at radius 1 is 0.500 bits per heavy atom. The van der Waals surface area contributed by atoms with Crippen molar-refractivity contribution >= 4 is 75.7 Å². The summed E-state index contributed by atoms with van der Waals surface area (Å²) in [6, 6.07) is 35.8. The third-order valence-corrected chi connectivity index (χ3v) is 15.3. The van der Waals surface area contributed by atoms with E-state index in [9.17, 15) is 0 Å². The summed E-state index contributed by atoms with van der Waals surface area (Å²) in [5.74, 6) is 0. The van der Waals surface area contributed by atoms with Crippen molar-refractivity contribution in [1.29, 1.82) is 0 Å². The molecule has 0 aliphatic carbocycles. The molecule has 0 atom stereocenters. The Labute approximate surface area is 364 Å². The monoisotopic (exact) mass is 825 g/mol. The van der Waals surface area contributed by atoms with Crippen LogP contribution in [0.25, 0.3) is 86.0 Å². The second-order valence-corrected chi connectivity index (χ2v) is 19.5. The minimum absolute atomic E-state index is 0.925. The minimum atomic E-state index is 0.925. The lowest BCUT2D eigenvalue weighted by Crippen LogP contribution is -1.99. The maximum absolute atomic E-state index is 5.68. The van der Waals surface area contributed by atoms with Crippen LogP contribution < -0.4 is 0 Å². The largest absolute Gasteiger partial charge is 0.344 e. The molecule has 0 radical (unpaired) electrons. The molecule has 60 heavy (non-hydrogen) atoms. The van der Waals surface area contributed by atoms with Gasteiger partial charge in [-0.05, 0) is 91.3 Å². The smallest absolute Gasteiger partial charge is 0.0984 e. The third-order valence-electron chi connectivity index (χ3n) is 12.9. The Morgan fingerprint density at radius 3 is 1.83 bits per heavy atom. The van der Waals surface area contributed by atoms with E-state index in [0.29, 0.717) is 0 Å². The molecule has 3 nitrogen and oxygen atoms in total. The van der Waals surface area contributed by atoms with Crippen molar-refractivity contribution in [1.82, 2.24) is 14.5 Å². The van der Waals surface area contributed by atoms with E-state index in [1.54, 1.807) is 11.1 Å². The summed E-state index contributed by atoms with van der Waals surface area (Å²) in [4.78, 5) is 14.0. The number of thiophene rings is 2. The van der Waals surface area contributed by atoms with Crippen LogP contribution in [0.4, 0.5) is 0 Å². The van der Waals surface area contributed by atoms with Gasteiger partial charge in [-0.25, -0.2) is 9.97 Å². The van der Waals surface area contributed by atoms with Crippen molar-refractivity contribution < 1.29 is 0 Å². The van der Waals surface area contributed by atoms with E-state index in [2.05, 4.69) is 136 Å². The molecule has 0 fully saturated rings. The Bertz CT molecular complexity index is 2940. The van der Waals surface area contributed by atoms with Gasteiger partial charge >= 0.3 is 0 Å². The number of para-hydroxylation sites is 1. The SMILES string of the molecule is CCCCCCCCc1c(CCCCCCCC)c2cc(-c3ccc(C)c4nc(-c5ccc6c7ccccc7n(C)c6c5)c(-c5ccccc5)nc34)sc2c2sc(C)cc12. The first-order chi connectivity index (χ1) is 29.4. The van der Waals surface area contributed by atoms with Crippen molar-refractivity contribution in [3.8, 4) is 33.0 Å². The predicted molar refractivity (Wildman–Crippen MR) is 264 cm³/mol. The van der Waals surface area contributed by atoms with E-state index < -0.39 is 0 Å². The summed E-state index contributed by atoms with van der Waals surface area (Å²) in [6.45, 7) is 9.12. The number of aryl methyl sites for hydroxylation is 5. The number of hydrogen-bond acceptors (Lipinski definition) is 4. The lowest BCUT2D eigenvalue weighted by atomic mass is 9.91. The molecule has 0 unspecified atom stereocenters. The van der Waals surface area contributed by atoms with Crippen LogP contribution in [-0.2, 0) is 19.9 Å². The maximum Gasteiger partial charge on any atom is 0.0984 e. The lowest BCUT2D eigenvalue weighted by molar-refractivity contribution is 0.600. The topological polar surface area (TPSA) is 30.7 Å². The lowest BCUT2D eigenvalue weighted by Gasteiger charge is -2.14. The fourth-order valence-electron chi connectivity index (χ4n) is 9.65. The molecular weight excluding hydrogens is 767 g/mol. The molecule has 0 saturated carbocycles. The number of nitrogens with zero attached hydrogens (tertiary/aromatic N) is 3. The fraction of sp³-hybridized carbons (Fsp3) is 0.345. The molecule has 9 rings (SSSR count). The number of unbranched alkanes of at least 4 members (excludes halogenated alkanes) is 10. The van der Waals surface area contributed by atoms with E-state index >= 15 is 0 Å². The van der Waals surface area contributed by atoms with E-state index in [4.69, 9.17) is 9.97 Å². The van der Waals surface area contributed by atoms with Crippen LogP contribution >= 0.6 is 22.7 Å². The molecule has 5 heteroatoms. The van der Waals surface area contributed by atoms with Gasteiger partial charge in [0.05, 0.1) is 31.8 Å². The summed E-state index contributed by atoms with van der Waals surface area (Å²) in [5, 5.41) is 5.53. The summed E-state index contributed by atoms with van der Waals surface area (Å²) in [5.41, 5.74) is 14.0. The minimum Gasteiger partial charge on any atom is -0.344 e. The molecule has 306 valence electrons. The van der Waals surface area contributed by atoms with Crippen molar-refractivity contribution in [2.24, 2.45) is 7.05 Å². The first-order valence-electron chi connectivity index (χ1n) is 22.8. The average Bonchev–Trinajstić information content (AvgIpc) is 3.97. The Kier molecular flexibility index (Phi) is 12.2. The van der Waals surface area contributed by atoms with E-state index in [-0.39, 0.29) is 0 Å². The average molecular weight is 826 g/mol. The van der Waals surface area contributed by atoms with Gasteiger partial charge < -0.3 is 4.57 Å². The van der Waals surface area contributed by atoms with Crippen LogP contribution in [0.2, 0.25) is 0 Å². The number of benzene rings is 5. The van der Waals surface area contributed by atoms with Gasteiger partial charge in [0.1, 0.15) is 0 Å². The zero-order valence-corrected chi connectivity index (χ0v) is 37.9. The number of aromatic nitrogens is 3. The number of fused-ring (bicyclic) bond motifs is 7. The van der Waals surface area contributed by atoms with Gasteiger partial charge in [-0.2, -0.15) is 0 Å². The van der Waals surface area contributed by atoms with Crippen LogP contribution in [-0.4, -0.2) is 14.5 Å². The molecule has 5 aromatic carbocycles. The van der Waals surface area contributed by atoms with Crippen LogP contribution in [0.15, 0.2) is 97.1 Å². The van der Waals surface area contributed by atoms with Crippen molar-refractivity contribution in [2.75, 3.05) is 0 Å². The molecule has 0 amide bonds. The van der Waals surface area contributed by atoms with Gasteiger partial charge in [0.2, 0.25) is 0 Å². The highest BCUT2D eigenvalue weighted by Gasteiger charge is 2.23. The quantitative estimate of drug-likeness (QED) is 0.0856. The van der Waals surface area contributed by atoms with Crippen molar-refractivity contribution in [3.05, 3.63) is 119 Å². The van der Waals surface area contributed by atoms with Gasteiger partial charge in [-0.1, -0.05) is 151 Å². The van der Waals surface area contributed by atoms with Gasteiger partial charge in [0, 0.05) is 55.3 Å². The van der Waals surface area contributed by atoms with Gasteiger partial charge in [-0.15, -0.1) is 22.7 Å². The molecule has 0 spiro atoms. The second-order valence-electron chi connectivity index (χ2n) is 17.2. The molecule has 0 aliphatic heterocycles. The summed E-state index contributed by atoms with van der Waals surface area (Å²) >= 11 is 3.96. The summed E-state index contributed by atoms with van der Waals surface area (Å²) in [6.07, 6.45) is 18.2. The zero-order valence-electron chi connectivity index (χ0n) is 36.3. The van der Waals surface area contributed by atoms with Crippen molar-refractivity contribution in [2.45, 2.75) is 118 Å². The molecule has 9 aromatic rings. The van der Waals surface area contributed by atoms with Crippen LogP contribution in [0, 0.1) is 13.8 Å². The highest BCUT2D eigenvalue weighted by molar-refractivity contribution is 7.29. The van der Waals surface area contributed by atoms with Crippen LogP contribution in [0.5, 0.6) is 0 Å². The van der Waals surface area contributed by atoms with E-state index in [1.807, 2.05) is 22.7 Å². The Morgan fingerprint density at radius 2 is 1.10 bits per heavy atom. The Balaban J connectivity index is 1.20. The summed E-state index contributed by atoms with van der Waals surface area (Å²) < 4.78 is 5.24. The Hall–Kier alpha value is -4.84. The van der Waals surface area contributed by atoms with E-state index in [0.717, 1.165) is 45.5 Å². The van der Waals surface area contributed by atoms with Crippen molar-refractivity contribution in [3.63, 3.8) is 0 Å². The van der Waals surface area contributed by atoms with E-state index in [1.165, 1.54) is 141 Å². The van der Waals surface area contributed by atoms with Gasteiger partial charge in [-0.3, -0.25) is 0 Å². The van der Waals surface area contributed by atoms with Crippen LogP contribution in [0.1, 0.15) is 112 Å². The number of rotatable bonds is 17. The predicted octanol–water partition coefficient (Wildman–Crippen LogP) is 17.1. The molecule has 0 bridgehead atoms. The second kappa shape index (κ2) is 18.0. The van der Waals surface area contributed by atoms with Gasteiger partial charge in [0.25, 0.3) is 0 Å². The molecule has 0 saturated heterocycles. The standard InChI is InChI=1S/C55H59N3S2/c1-6-8-10-12-14-19-25-40-41(26-20-15-13-11-9-7-2)46-35-49(60-55(46)54-45(40)33-37(4)59-54)44-31-29-36(3)50-53(44)57-51(38-23-17-16-18-24-38)52(56-50)39-30-32-43-42-27-21-22-28-47(42)58(5)48(43)34-39/h16-18,21-24,27-35H,6-15,19-20,25-26H2,1-5H3. The molecule has 0 N–H and O–H groups in total. The first-order valence-corrected chi connectivity index (χ1v) is 24.4. The highest BCUT2D eigenvalue weighted by atomic mass is 32.1. The maximum atomic E-state index is 5.68. The normalized spacial score (nSPS) is 12.0. The first kappa shape index (κ1) is 40.6. The molecule has 4 heterocycles.